The van der Waals surface area contributed by atoms with E-state index in [2.05, 4.69) is 71.7 Å². The molecule has 0 aliphatic carbocycles. The fraction of sp³-hybridized carbons (Fsp3) is 0.333. The first-order valence-electron chi connectivity index (χ1n) is 6.17. The Hall–Kier alpha value is -0.640. The minimum Gasteiger partial charge on any atom is -0.306 e. The molecule has 2 rings (SSSR count). The molecule has 96 valence electrons. The van der Waals surface area contributed by atoms with Gasteiger partial charge in [0.25, 0.3) is 0 Å². The first kappa shape index (κ1) is 13.8. The predicted octanol–water partition coefficient (Wildman–Crippen LogP) is 4.83. The lowest BCUT2D eigenvalue weighted by molar-refractivity contribution is 0.629. The van der Waals surface area contributed by atoms with E-state index in [-0.39, 0.29) is 0 Å². The smallest absolute Gasteiger partial charge is 0.0587 e. The molecule has 0 spiro atoms. The maximum Gasteiger partial charge on any atom is 0.0587 e. The Labute approximate surface area is 121 Å². The molecule has 0 amide bonds. The van der Waals surface area contributed by atoms with Crippen LogP contribution in [0.5, 0.6) is 0 Å². The van der Waals surface area contributed by atoms with E-state index < -0.39 is 0 Å². The van der Waals surface area contributed by atoms with Crippen molar-refractivity contribution in [3.63, 3.8) is 0 Å². The Balaban J connectivity index is 2.41. The molecule has 3 heteroatoms. The fourth-order valence-corrected chi connectivity index (χ4v) is 3.14. The monoisotopic (exact) mass is 323 g/mol. The molecular weight excluding hydrogens is 306 g/mol. The average molecular weight is 324 g/mol. The van der Waals surface area contributed by atoms with Crippen LogP contribution in [0.2, 0.25) is 0 Å². The minimum atomic E-state index is 0.299. The highest BCUT2D eigenvalue weighted by molar-refractivity contribution is 9.10. The number of thiophene rings is 1. The predicted molar refractivity (Wildman–Crippen MR) is 83.5 cm³/mol. The molecule has 1 N–H and O–H groups in total. The van der Waals surface area contributed by atoms with Crippen LogP contribution < -0.4 is 5.32 Å². The number of halogens is 1. The van der Waals surface area contributed by atoms with Crippen LogP contribution in [0.4, 0.5) is 0 Å². The van der Waals surface area contributed by atoms with E-state index in [1.165, 1.54) is 26.0 Å². The van der Waals surface area contributed by atoms with Crippen LogP contribution in [0, 0.1) is 13.8 Å². The third-order valence-electron chi connectivity index (χ3n) is 3.13. The fourth-order valence-electron chi connectivity index (χ4n) is 2.15. The van der Waals surface area contributed by atoms with Crippen molar-refractivity contribution in [3.8, 4) is 0 Å². The van der Waals surface area contributed by atoms with Crippen LogP contribution in [0.15, 0.2) is 34.1 Å². The Kier molecular flexibility index (Phi) is 4.60. The number of hydrogen-bond acceptors (Lipinski definition) is 2. The Morgan fingerprint density at radius 3 is 2.61 bits per heavy atom. The van der Waals surface area contributed by atoms with E-state index in [4.69, 9.17) is 0 Å². The highest BCUT2D eigenvalue weighted by Gasteiger charge is 2.16. The Bertz CT molecular complexity index is 533. The van der Waals surface area contributed by atoms with E-state index >= 15 is 0 Å². The van der Waals surface area contributed by atoms with Gasteiger partial charge in [0.1, 0.15) is 0 Å². The Morgan fingerprint density at radius 1 is 1.28 bits per heavy atom. The summed E-state index contributed by atoms with van der Waals surface area (Å²) >= 11 is 5.37. The van der Waals surface area contributed by atoms with Gasteiger partial charge in [-0.15, -0.1) is 11.3 Å². The van der Waals surface area contributed by atoms with Crippen molar-refractivity contribution >= 4 is 27.3 Å². The second-order valence-corrected chi connectivity index (χ2v) is 6.41. The van der Waals surface area contributed by atoms with E-state index in [0.29, 0.717) is 6.04 Å². The molecule has 0 radical (unpaired) electrons. The van der Waals surface area contributed by atoms with Gasteiger partial charge in [-0.25, -0.2) is 0 Å². The molecule has 2 aromatic rings. The molecule has 1 aromatic heterocycles. The van der Waals surface area contributed by atoms with E-state index in [0.717, 1.165) is 6.54 Å². The van der Waals surface area contributed by atoms with Crippen LogP contribution in [-0.4, -0.2) is 6.54 Å². The largest absolute Gasteiger partial charge is 0.306 e. The SMILES string of the molecule is CCNC(c1ccc(Br)c(C)c1)c1ccsc1C. The van der Waals surface area contributed by atoms with Crippen LogP contribution >= 0.6 is 27.3 Å². The van der Waals surface area contributed by atoms with Crippen LogP contribution in [-0.2, 0) is 0 Å². The normalized spacial score (nSPS) is 12.7. The molecule has 1 aromatic carbocycles. The second-order valence-electron chi connectivity index (χ2n) is 4.43. The van der Waals surface area contributed by atoms with Gasteiger partial charge in [-0.3, -0.25) is 0 Å². The van der Waals surface area contributed by atoms with E-state index in [9.17, 15) is 0 Å². The summed E-state index contributed by atoms with van der Waals surface area (Å²) in [6, 6.07) is 9.12. The summed E-state index contributed by atoms with van der Waals surface area (Å²) in [6.45, 7) is 7.45. The number of hydrogen-bond donors (Lipinski definition) is 1. The summed E-state index contributed by atoms with van der Waals surface area (Å²) in [4.78, 5) is 1.39. The summed E-state index contributed by atoms with van der Waals surface area (Å²) in [5.74, 6) is 0. The van der Waals surface area contributed by atoms with Crippen molar-refractivity contribution in [2.45, 2.75) is 26.8 Å². The molecule has 1 unspecified atom stereocenters. The highest BCUT2D eigenvalue weighted by atomic mass is 79.9. The van der Waals surface area contributed by atoms with Crippen molar-refractivity contribution in [2.24, 2.45) is 0 Å². The lowest BCUT2D eigenvalue weighted by Crippen LogP contribution is -2.22. The quantitative estimate of drug-likeness (QED) is 0.850. The van der Waals surface area contributed by atoms with Gasteiger partial charge in [-0.05, 0) is 54.6 Å². The molecule has 0 aliphatic rings. The summed E-state index contributed by atoms with van der Waals surface area (Å²) < 4.78 is 1.17. The highest BCUT2D eigenvalue weighted by Crippen LogP contribution is 2.30. The number of nitrogens with one attached hydrogen (secondary N) is 1. The molecule has 0 bridgehead atoms. The summed E-state index contributed by atoms with van der Waals surface area (Å²) in [5.41, 5.74) is 4.01. The molecule has 1 atom stereocenters. The number of benzene rings is 1. The van der Waals surface area contributed by atoms with Gasteiger partial charge in [0.05, 0.1) is 6.04 Å². The molecule has 0 aliphatic heterocycles. The summed E-state index contributed by atoms with van der Waals surface area (Å²) in [7, 11) is 0. The van der Waals surface area contributed by atoms with Gasteiger partial charge in [-0.2, -0.15) is 0 Å². The van der Waals surface area contributed by atoms with Gasteiger partial charge < -0.3 is 5.32 Å². The second kappa shape index (κ2) is 6.00. The molecule has 1 heterocycles. The third kappa shape index (κ3) is 2.85. The third-order valence-corrected chi connectivity index (χ3v) is 4.88. The molecule has 18 heavy (non-hydrogen) atoms. The van der Waals surface area contributed by atoms with E-state index in [1.807, 2.05) is 11.3 Å². The van der Waals surface area contributed by atoms with Crippen molar-refractivity contribution in [2.75, 3.05) is 6.54 Å². The van der Waals surface area contributed by atoms with Gasteiger partial charge in [0, 0.05) is 9.35 Å². The van der Waals surface area contributed by atoms with Gasteiger partial charge in [-0.1, -0.05) is 35.0 Å². The van der Waals surface area contributed by atoms with Crippen molar-refractivity contribution in [1.82, 2.24) is 5.32 Å². The first-order chi connectivity index (χ1) is 8.63. The molecule has 0 fully saturated rings. The maximum absolute atomic E-state index is 3.58. The van der Waals surface area contributed by atoms with Crippen LogP contribution in [0.3, 0.4) is 0 Å². The topological polar surface area (TPSA) is 12.0 Å². The minimum absolute atomic E-state index is 0.299. The standard InChI is InChI=1S/C15H18BrNS/c1-4-17-15(13-7-8-18-11(13)3)12-5-6-14(16)10(2)9-12/h5-9,15,17H,4H2,1-3H3. The molecular formula is C15H18BrNS. The van der Waals surface area contributed by atoms with Crippen molar-refractivity contribution in [3.05, 3.63) is 55.7 Å². The van der Waals surface area contributed by atoms with Crippen LogP contribution in [0.25, 0.3) is 0 Å². The zero-order valence-electron chi connectivity index (χ0n) is 11.0. The lowest BCUT2D eigenvalue weighted by Gasteiger charge is -2.19. The molecule has 1 nitrogen and oxygen atoms in total. The number of rotatable bonds is 4. The van der Waals surface area contributed by atoms with Gasteiger partial charge in [0.2, 0.25) is 0 Å². The van der Waals surface area contributed by atoms with Crippen LogP contribution in [0.1, 0.15) is 34.5 Å². The molecule has 0 saturated heterocycles. The summed E-state index contributed by atoms with van der Waals surface area (Å²) in [6.07, 6.45) is 0. The average Bonchev–Trinajstić information content (AvgIpc) is 2.76. The van der Waals surface area contributed by atoms with Crippen molar-refractivity contribution < 1.29 is 0 Å². The van der Waals surface area contributed by atoms with Gasteiger partial charge in [0.15, 0.2) is 0 Å². The summed E-state index contributed by atoms with van der Waals surface area (Å²) in [5, 5.41) is 5.75. The maximum atomic E-state index is 3.58. The lowest BCUT2D eigenvalue weighted by atomic mass is 9.98. The van der Waals surface area contributed by atoms with E-state index in [1.54, 1.807) is 0 Å². The number of aryl methyl sites for hydroxylation is 2. The Morgan fingerprint density at radius 2 is 2.06 bits per heavy atom. The first-order valence-corrected chi connectivity index (χ1v) is 7.84. The zero-order chi connectivity index (χ0) is 13.1. The van der Waals surface area contributed by atoms with Crippen molar-refractivity contribution in [1.29, 1.82) is 0 Å². The molecule has 0 saturated carbocycles. The zero-order valence-corrected chi connectivity index (χ0v) is 13.4. The van der Waals surface area contributed by atoms with Gasteiger partial charge >= 0.3 is 0 Å².